The molecule has 0 aliphatic heterocycles. The second-order valence-corrected chi connectivity index (χ2v) is 6.73. The molecule has 1 heterocycles. The predicted molar refractivity (Wildman–Crippen MR) is 71.9 cm³/mol. The Morgan fingerprint density at radius 3 is 2.79 bits per heavy atom. The molecule has 1 fully saturated rings. The molecule has 0 radical (unpaired) electrons. The second-order valence-electron chi connectivity index (χ2n) is 6.73. The van der Waals surface area contributed by atoms with Crippen LogP contribution in [0.5, 0.6) is 0 Å². The summed E-state index contributed by atoms with van der Waals surface area (Å²) in [5.41, 5.74) is 2.27. The number of carbonyl (C=O) groups is 1. The summed E-state index contributed by atoms with van der Waals surface area (Å²) < 4.78 is 1.85. The third-order valence-corrected chi connectivity index (χ3v) is 5.10. The fraction of sp³-hybridized carbons (Fsp3) is 0.600. The van der Waals surface area contributed by atoms with E-state index in [0.29, 0.717) is 12.0 Å². The van der Waals surface area contributed by atoms with Crippen LogP contribution in [-0.4, -0.2) is 20.7 Å². The van der Waals surface area contributed by atoms with Gasteiger partial charge in [-0.3, -0.25) is 9.48 Å². The number of carbonyl (C=O) groups excluding carboxylic acids is 1. The van der Waals surface area contributed by atoms with E-state index in [1.54, 1.807) is 0 Å². The summed E-state index contributed by atoms with van der Waals surface area (Å²) in [7, 11) is 1.93. The second kappa shape index (κ2) is 3.50. The van der Waals surface area contributed by atoms with Gasteiger partial charge in [-0.15, -0.1) is 0 Å². The van der Waals surface area contributed by atoms with Gasteiger partial charge in [-0.2, -0.15) is 5.10 Å². The quantitative estimate of drug-likeness (QED) is 0.575. The van der Waals surface area contributed by atoms with Crippen LogP contribution < -0.4 is 0 Å². The number of hydrogen-bond donors (Lipinski definition) is 1. The zero-order chi connectivity index (χ0) is 14.0. The van der Waals surface area contributed by atoms with Gasteiger partial charge in [-0.1, -0.05) is 20.8 Å². The number of Topliss-reactive ketones (excluding diaryl/α,β-unsaturated/α-hetero) is 1. The maximum absolute atomic E-state index is 12.4. The van der Waals surface area contributed by atoms with Gasteiger partial charge in [0, 0.05) is 29.6 Å². The van der Waals surface area contributed by atoms with Crippen molar-refractivity contribution in [2.75, 3.05) is 0 Å². The molecule has 2 aliphatic rings. The molecule has 0 amide bonds. The third kappa shape index (κ3) is 1.40. The van der Waals surface area contributed by atoms with Crippen LogP contribution in [0.25, 0.3) is 0 Å². The molecule has 4 nitrogen and oxygen atoms in total. The fourth-order valence-electron chi connectivity index (χ4n) is 4.19. The van der Waals surface area contributed by atoms with Crippen LogP contribution in [0.3, 0.4) is 0 Å². The summed E-state index contributed by atoms with van der Waals surface area (Å²) >= 11 is 0. The van der Waals surface area contributed by atoms with Gasteiger partial charge in [0.2, 0.25) is 0 Å². The van der Waals surface area contributed by atoms with Crippen LogP contribution in [0.15, 0.2) is 18.0 Å². The normalized spacial score (nSPS) is 34.4. The zero-order valence-electron chi connectivity index (χ0n) is 11.9. The van der Waals surface area contributed by atoms with Crippen LogP contribution in [-0.2, 0) is 23.7 Å². The van der Waals surface area contributed by atoms with Crippen molar-refractivity contribution in [1.29, 1.82) is 0 Å². The van der Waals surface area contributed by atoms with Gasteiger partial charge in [0.25, 0.3) is 0 Å². The van der Waals surface area contributed by atoms with Crippen molar-refractivity contribution < 1.29 is 9.90 Å². The average Bonchev–Trinajstić information content (AvgIpc) is 2.82. The van der Waals surface area contributed by atoms with Crippen LogP contribution >= 0.6 is 0 Å². The van der Waals surface area contributed by atoms with Crippen molar-refractivity contribution in [3.05, 3.63) is 29.3 Å². The minimum atomic E-state index is -0.451. The molecule has 0 spiro atoms. The van der Waals surface area contributed by atoms with Crippen molar-refractivity contribution in [1.82, 2.24) is 9.78 Å². The number of aryl methyl sites for hydroxylation is 1. The molecule has 0 saturated heterocycles. The molecule has 2 atom stereocenters. The van der Waals surface area contributed by atoms with Gasteiger partial charge in [-0.05, 0) is 24.3 Å². The number of aliphatic hydroxyl groups is 1. The molecule has 0 unspecified atom stereocenters. The van der Waals surface area contributed by atoms with Gasteiger partial charge in [-0.25, -0.2) is 0 Å². The SMILES string of the molecule is Cn1cc2c(n1)[C@@]1(C)C/C(=C/O)C(=O)C(C)(C)[C@@H]1C2. The molecule has 1 aromatic rings. The van der Waals surface area contributed by atoms with Gasteiger partial charge >= 0.3 is 0 Å². The standard InChI is InChI=1S/C15H20N2O2/c1-14(2)11-5-9-7-17(4)16-12(9)15(11,3)6-10(8-18)13(14)19/h7-8,11,18H,5-6H2,1-4H3/b10-8-/t11-,15-/m0/s1. The number of nitrogens with zero attached hydrogens (tertiary/aromatic N) is 2. The lowest BCUT2D eigenvalue weighted by atomic mass is 9.55. The summed E-state index contributed by atoms with van der Waals surface area (Å²) in [5.74, 6) is 0.335. The van der Waals surface area contributed by atoms with Crippen LogP contribution in [0.1, 0.15) is 38.4 Å². The summed E-state index contributed by atoms with van der Waals surface area (Å²) in [6.45, 7) is 6.16. The maximum Gasteiger partial charge on any atom is 0.167 e. The van der Waals surface area contributed by atoms with Crippen molar-refractivity contribution in [2.45, 2.75) is 39.0 Å². The van der Waals surface area contributed by atoms with Crippen molar-refractivity contribution >= 4 is 5.78 Å². The van der Waals surface area contributed by atoms with Gasteiger partial charge in [0.15, 0.2) is 5.78 Å². The van der Waals surface area contributed by atoms with E-state index in [-0.39, 0.29) is 17.1 Å². The number of rotatable bonds is 0. The van der Waals surface area contributed by atoms with E-state index in [1.165, 1.54) is 5.56 Å². The van der Waals surface area contributed by atoms with Crippen LogP contribution in [0.4, 0.5) is 0 Å². The molecule has 102 valence electrons. The molecular weight excluding hydrogens is 240 g/mol. The molecule has 1 aromatic heterocycles. The molecule has 1 saturated carbocycles. The number of aliphatic hydroxyl groups excluding tert-OH is 1. The Balaban J connectivity index is 2.17. The molecule has 0 aromatic carbocycles. The predicted octanol–water partition coefficient (Wildman–Crippen LogP) is 2.29. The molecular formula is C15H20N2O2. The monoisotopic (exact) mass is 260 g/mol. The summed E-state index contributed by atoms with van der Waals surface area (Å²) in [4.78, 5) is 12.4. The van der Waals surface area contributed by atoms with Gasteiger partial charge in [0.1, 0.15) is 0 Å². The number of fused-ring (bicyclic) bond motifs is 3. The van der Waals surface area contributed by atoms with E-state index in [1.807, 2.05) is 25.6 Å². The Morgan fingerprint density at radius 2 is 2.16 bits per heavy atom. The highest BCUT2D eigenvalue weighted by Gasteiger charge is 2.58. The van der Waals surface area contributed by atoms with E-state index < -0.39 is 5.41 Å². The maximum atomic E-state index is 12.4. The first-order chi connectivity index (χ1) is 8.80. The third-order valence-electron chi connectivity index (χ3n) is 5.10. The Morgan fingerprint density at radius 1 is 1.47 bits per heavy atom. The molecule has 3 rings (SSSR count). The number of ketones is 1. The van der Waals surface area contributed by atoms with E-state index in [0.717, 1.165) is 18.4 Å². The lowest BCUT2D eigenvalue weighted by Crippen LogP contribution is -2.49. The Hall–Kier alpha value is -1.58. The van der Waals surface area contributed by atoms with Crippen molar-refractivity contribution in [3.8, 4) is 0 Å². The molecule has 0 bridgehead atoms. The van der Waals surface area contributed by atoms with Gasteiger partial charge in [0.05, 0.1) is 12.0 Å². The summed E-state index contributed by atoms with van der Waals surface area (Å²) in [5, 5.41) is 14.0. The highest BCUT2D eigenvalue weighted by Crippen LogP contribution is 2.57. The van der Waals surface area contributed by atoms with E-state index >= 15 is 0 Å². The molecule has 1 N–H and O–H groups in total. The Labute approximate surface area is 113 Å². The first-order valence-corrected chi connectivity index (χ1v) is 6.71. The molecule has 4 heteroatoms. The van der Waals surface area contributed by atoms with E-state index in [9.17, 15) is 9.90 Å². The number of aromatic nitrogens is 2. The first kappa shape index (κ1) is 12.5. The first-order valence-electron chi connectivity index (χ1n) is 6.71. The smallest absolute Gasteiger partial charge is 0.167 e. The van der Waals surface area contributed by atoms with Crippen LogP contribution in [0, 0.1) is 11.3 Å². The minimum Gasteiger partial charge on any atom is -0.515 e. The minimum absolute atomic E-state index is 0.0759. The van der Waals surface area contributed by atoms with E-state index in [2.05, 4.69) is 18.2 Å². The highest BCUT2D eigenvalue weighted by molar-refractivity contribution is 6.01. The average molecular weight is 260 g/mol. The van der Waals surface area contributed by atoms with Crippen LogP contribution in [0.2, 0.25) is 0 Å². The van der Waals surface area contributed by atoms with Crippen molar-refractivity contribution in [2.24, 2.45) is 18.4 Å². The molecule has 2 aliphatic carbocycles. The Bertz CT molecular complexity index is 597. The Kier molecular flexibility index (Phi) is 2.29. The fourth-order valence-corrected chi connectivity index (χ4v) is 4.19. The number of allylic oxidation sites excluding steroid dienone is 1. The largest absolute Gasteiger partial charge is 0.515 e. The van der Waals surface area contributed by atoms with Gasteiger partial charge < -0.3 is 5.11 Å². The topological polar surface area (TPSA) is 55.1 Å². The highest BCUT2D eigenvalue weighted by atomic mass is 16.2. The summed E-state index contributed by atoms with van der Waals surface area (Å²) in [6.07, 6.45) is 4.53. The van der Waals surface area contributed by atoms with Crippen molar-refractivity contribution in [3.63, 3.8) is 0 Å². The summed E-state index contributed by atoms with van der Waals surface area (Å²) in [6, 6.07) is 0. The zero-order valence-corrected chi connectivity index (χ0v) is 11.9. The lowest BCUT2D eigenvalue weighted by Gasteiger charge is -2.46. The van der Waals surface area contributed by atoms with E-state index in [4.69, 9.17) is 0 Å². The number of hydrogen-bond acceptors (Lipinski definition) is 3. The lowest BCUT2D eigenvalue weighted by molar-refractivity contribution is -0.130. The molecule has 19 heavy (non-hydrogen) atoms.